The number of hydrogen-bond acceptors (Lipinski definition) is 2. The first-order valence-electron chi connectivity index (χ1n) is 8.77. The number of piperidine rings is 1. The van der Waals surface area contributed by atoms with E-state index in [0.717, 1.165) is 31.8 Å². The molecule has 3 rings (SSSR count). The number of aromatic nitrogens is 1. The van der Waals surface area contributed by atoms with Crippen molar-refractivity contribution in [2.24, 2.45) is 5.92 Å². The lowest BCUT2D eigenvalue weighted by Crippen LogP contribution is -2.30. The van der Waals surface area contributed by atoms with Gasteiger partial charge in [0.2, 0.25) is 5.91 Å². The Hall–Kier alpha value is -1.81. The minimum Gasteiger partial charge on any atom is -0.361 e. The van der Waals surface area contributed by atoms with E-state index in [-0.39, 0.29) is 5.91 Å². The van der Waals surface area contributed by atoms with E-state index in [4.69, 9.17) is 0 Å². The number of hydrogen-bond donors (Lipinski definition) is 3. The van der Waals surface area contributed by atoms with Gasteiger partial charge in [-0.1, -0.05) is 12.1 Å². The quantitative estimate of drug-likeness (QED) is 0.768. The maximum Gasteiger partial charge on any atom is 0.220 e. The third kappa shape index (κ3) is 4.14. The van der Waals surface area contributed by atoms with Crippen molar-refractivity contribution in [3.63, 3.8) is 0 Å². The molecule has 23 heavy (non-hydrogen) atoms. The van der Waals surface area contributed by atoms with Crippen molar-refractivity contribution in [2.45, 2.75) is 39.0 Å². The van der Waals surface area contributed by atoms with Gasteiger partial charge in [0.25, 0.3) is 0 Å². The molecule has 0 unspecified atom stereocenters. The lowest BCUT2D eigenvalue weighted by Gasteiger charge is -2.22. The number of H-pyrrole nitrogens is 1. The summed E-state index contributed by atoms with van der Waals surface area (Å²) < 4.78 is 0. The number of carbonyl (C=O) groups excluding carboxylic acids is 1. The van der Waals surface area contributed by atoms with E-state index in [2.05, 4.69) is 46.9 Å². The molecule has 0 spiro atoms. The fourth-order valence-electron chi connectivity index (χ4n) is 3.58. The van der Waals surface area contributed by atoms with Crippen molar-refractivity contribution in [3.05, 3.63) is 35.5 Å². The van der Waals surface area contributed by atoms with E-state index < -0.39 is 0 Å². The standard InChI is InChI=1S/C19H27N3O/c1-14-3-2-4-17-19(14)16(13-22-17)9-12-21-18(23)6-5-15-7-10-20-11-8-15/h2-4,13,15,20,22H,5-12H2,1H3,(H,21,23). The van der Waals surface area contributed by atoms with Crippen LogP contribution in [-0.2, 0) is 11.2 Å². The third-order valence-corrected chi connectivity index (χ3v) is 4.95. The molecule has 1 aliphatic rings. The van der Waals surface area contributed by atoms with Crippen molar-refractivity contribution in [2.75, 3.05) is 19.6 Å². The Morgan fingerprint density at radius 1 is 1.30 bits per heavy atom. The van der Waals surface area contributed by atoms with E-state index in [9.17, 15) is 4.79 Å². The Morgan fingerprint density at radius 3 is 2.96 bits per heavy atom. The molecular weight excluding hydrogens is 286 g/mol. The monoisotopic (exact) mass is 313 g/mol. The number of benzene rings is 1. The Bertz CT molecular complexity index is 656. The summed E-state index contributed by atoms with van der Waals surface area (Å²) in [6.45, 7) is 5.06. The first kappa shape index (κ1) is 16.1. The van der Waals surface area contributed by atoms with E-state index in [1.165, 1.54) is 34.9 Å². The normalized spacial score (nSPS) is 15.9. The summed E-state index contributed by atoms with van der Waals surface area (Å²) in [5, 5.41) is 7.75. The minimum atomic E-state index is 0.195. The van der Waals surface area contributed by atoms with Crippen molar-refractivity contribution < 1.29 is 4.79 Å². The fraction of sp³-hybridized carbons (Fsp3) is 0.526. The molecule has 0 saturated carbocycles. The van der Waals surface area contributed by atoms with Gasteiger partial charge in [0.15, 0.2) is 0 Å². The largest absolute Gasteiger partial charge is 0.361 e. The average molecular weight is 313 g/mol. The molecule has 0 bridgehead atoms. The van der Waals surface area contributed by atoms with Gasteiger partial charge in [-0.3, -0.25) is 4.79 Å². The molecule has 1 saturated heterocycles. The van der Waals surface area contributed by atoms with Crippen LogP contribution in [0.25, 0.3) is 10.9 Å². The van der Waals surface area contributed by atoms with Gasteiger partial charge in [-0.2, -0.15) is 0 Å². The first-order chi connectivity index (χ1) is 11.2. The molecule has 1 amide bonds. The number of fused-ring (bicyclic) bond motifs is 1. The maximum absolute atomic E-state index is 12.0. The van der Waals surface area contributed by atoms with Crippen molar-refractivity contribution in [1.29, 1.82) is 0 Å². The Balaban J connectivity index is 1.44. The van der Waals surface area contributed by atoms with E-state index >= 15 is 0 Å². The Kier molecular flexibility index (Phi) is 5.34. The number of carbonyl (C=O) groups is 1. The predicted octanol–water partition coefficient (Wildman–Crippen LogP) is 2.91. The molecule has 1 aliphatic heterocycles. The van der Waals surface area contributed by atoms with Gasteiger partial charge in [0, 0.05) is 30.1 Å². The summed E-state index contributed by atoms with van der Waals surface area (Å²) in [5.74, 6) is 0.915. The highest BCUT2D eigenvalue weighted by Crippen LogP contribution is 2.22. The van der Waals surface area contributed by atoms with Crippen LogP contribution in [-0.4, -0.2) is 30.5 Å². The molecule has 1 aromatic heterocycles. The zero-order valence-electron chi connectivity index (χ0n) is 14.0. The summed E-state index contributed by atoms with van der Waals surface area (Å²) >= 11 is 0. The lowest BCUT2D eigenvalue weighted by molar-refractivity contribution is -0.121. The van der Waals surface area contributed by atoms with E-state index in [1.54, 1.807) is 0 Å². The second-order valence-corrected chi connectivity index (χ2v) is 6.64. The summed E-state index contributed by atoms with van der Waals surface area (Å²) in [7, 11) is 0. The van der Waals surface area contributed by atoms with E-state index in [1.807, 2.05) is 0 Å². The smallest absolute Gasteiger partial charge is 0.220 e. The second-order valence-electron chi connectivity index (χ2n) is 6.64. The van der Waals surface area contributed by atoms with Gasteiger partial charge in [-0.25, -0.2) is 0 Å². The molecule has 1 fully saturated rings. The Morgan fingerprint density at radius 2 is 2.13 bits per heavy atom. The van der Waals surface area contributed by atoms with Gasteiger partial charge in [0.05, 0.1) is 0 Å². The molecule has 2 aromatic rings. The van der Waals surface area contributed by atoms with Gasteiger partial charge in [0.1, 0.15) is 0 Å². The number of aromatic amines is 1. The van der Waals surface area contributed by atoms with Crippen molar-refractivity contribution in [3.8, 4) is 0 Å². The summed E-state index contributed by atoms with van der Waals surface area (Å²) in [5.41, 5.74) is 3.75. The molecule has 124 valence electrons. The highest BCUT2D eigenvalue weighted by molar-refractivity contribution is 5.86. The highest BCUT2D eigenvalue weighted by Gasteiger charge is 2.14. The zero-order chi connectivity index (χ0) is 16.1. The highest BCUT2D eigenvalue weighted by atomic mass is 16.1. The second kappa shape index (κ2) is 7.64. The average Bonchev–Trinajstić information content (AvgIpc) is 2.99. The third-order valence-electron chi connectivity index (χ3n) is 4.95. The van der Waals surface area contributed by atoms with Crippen LogP contribution in [0.2, 0.25) is 0 Å². The number of amides is 1. The van der Waals surface area contributed by atoms with Gasteiger partial charge in [-0.15, -0.1) is 0 Å². The van der Waals surface area contributed by atoms with Gasteiger partial charge >= 0.3 is 0 Å². The summed E-state index contributed by atoms with van der Waals surface area (Å²) in [6.07, 6.45) is 7.06. The number of aryl methyl sites for hydroxylation is 1. The molecule has 0 atom stereocenters. The summed E-state index contributed by atoms with van der Waals surface area (Å²) in [4.78, 5) is 15.3. The van der Waals surface area contributed by atoms with Crippen molar-refractivity contribution in [1.82, 2.24) is 15.6 Å². The maximum atomic E-state index is 12.0. The number of nitrogens with one attached hydrogen (secondary N) is 3. The minimum absolute atomic E-state index is 0.195. The van der Waals surface area contributed by atoms with Gasteiger partial charge < -0.3 is 15.6 Å². The molecule has 0 radical (unpaired) electrons. The van der Waals surface area contributed by atoms with Crippen LogP contribution in [0.5, 0.6) is 0 Å². The van der Waals surface area contributed by atoms with Crippen LogP contribution in [0.3, 0.4) is 0 Å². The number of rotatable bonds is 6. The van der Waals surface area contributed by atoms with Gasteiger partial charge in [-0.05, 0) is 68.8 Å². The van der Waals surface area contributed by atoms with Crippen LogP contribution in [0.1, 0.15) is 36.8 Å². The Labute approximate surface area is 138 Å². The van der Waals surface area contributed by atoms with Crippen molar-refractivity contribution >= 4 is 16.8 Å². The fourth-order valence-corrected chi connectivity index (χ4v) is 3.58. The first-order valence-corrected chi connectivity index (χ1v) is 8.77. The lowest BCUT2D eigenvalue weighted by atomic mass is 9.93. The zero-order valence-corrected chi connectivity index (χ0v) is 14.0. The predicted molar refractivity (Wildman–Crippen MR) is 94.6 cm³/mol. The molecule has 1 aromatic carbocycles. The molecule has 4 heteroatoms. The van der Waals surface area contributed by atoms with Crippen LogP contribution in [0, 0.1) is 12.8 Å². The van der Waals surface area contributed by atoms with Crippen LogP contribution in [0.4, 0.5) is 0 Å². The summed E-state index contributed by atoms with van der Waals surface area (Å²) in [6, 6.07) is 6.31. The molecule has 4 nitrogen and oxygen atoms in total. The molecular formula is C19H27N3O. The van der Waals surface area contributed by atoms with Crippen LogP contribution < -0.4 is 10.6 Å². The molecule has 3 N–H and O–H groups in total. The molecule has 2 heterocycles. The topological polar surface area (TPSA) is 56.9 Å². The SMILES string of the molecule is Cc1cccc2[nH]cc(CCNC(=O)CCC3CCNCC3)c12. The van der Waals surface area contributed by atoms with Crippen LogP contribution in [0.15, 0.2) is 24.4 Å². The van der Waals surface area contributed by atoms with Crippen LogP contribution >= 0.6 is 0 Å². The van der Waals surface area contributed by atoms with E-state index in [0.29, 0.717) is 13.0 Å². The molecule has 0 aliphatic carbocycles.